The molecule has 0 fully saturated rings. The third-order valence-corrected chi connectivity index (χ3v) is 5.84. The molecule has 194 valence electrons. The van der Waals surface area contributed by atoms with Crippen LogP contribution in [0.5, 0.6) is 0 Å². The highest BCUT2D eigenvalue weighted by Crippen LogP contribution is 2.17. The number of rotatable bonds is 17. The predicted molar refractivity (Wildman–Crippen MR) is 133 cm³/mol. The van der Waals surface area contributed by atoms with Gasteiger partial charge in [0.1, 0.15) is 5.78 Å². The molecule has 0 spiro atoms. The molecular formula is C21H34BN5O7S. The monoisotopic (exact) mass is 511 g/mol. The zero-order valence-corrected chi connectivity index (χ0v) is 20.8. The zero-order chi connectivity index (χ0) is 26.4. The Bertz CT molecular complexity index is 864. The van der Waals surface area contributed by atoms with E-state index in [1.54, 1.807) is 16.9 Å². The number of hydrogen-bond donors (Lipinski definition) is 5. The second-order valence-electron chi connectivity index (χ2n) is 8.66. The molecule has 0 aliphatic heterocycles. The number of Topliss-reactive ketones (excluding diaryl/α,β-unsaturated/α-hetero) is 2. The standard InChI is InChI=1S/C21H34BN5O7S/c1-14(2)11-19(22(31)32)25-20(30)15(5-4-9-24-21(23)26-27(33)34)12-17(28)6-3-7-18(29)16-8-10-35-13-16/h8,10,13-15,19,31-32H,3-7,9,11-12H2,1-2H3,(H,25,30)(H3,23,24,26)/t15-,19+/m1/s1. The van der Waals surface area contributed by atoms with Gasteiger partial charge in [0.15, 0.2) is 10.8 Å². The first-order valence-electron chi connectivity index (χ1n) is 11.4. The van der Waals surface area contributed by atoms with Crippen LogP contribution in [0.15, 0.2) is 21.8 Å². The molecule has 35 heavy (non-hydrogen) atoms. The van der Waals surface area contributed by atoms with Gasteiger partial charge in [-0.05, 0) is 43.0 Å². The number of hydrogen-bond acceptors (Lipinski definition) is 9. The summed E-state index contributed by atoms with van der Waals surface area (Å²) in [6.07, 6.45) is 1.53. The van der Waals surface area contributed by atoms with Crippen LogP contribution in [-0.4, -0.2) is 58.1 Å². The molecule has 1 rings (SSSR count). The molecule has 6 N–H and O–H groups in total. The first-order valence-corrected chi connectivity index (χ1v) is 12.4. The third kappa shape index (κ3) is 13.0. The number of ketones is 2. The lowest BCUT2D eigenvalue weighted by Gasteiger charge is -2.23. The molecule has 0 unspecified atom stereocenters. The number of nitrogens with two attached hydrogens (primary N) is 1. The fraction of sp³-hybridized carbons (Fsp3) is 0.619. The Kier molecular flexibility index (Phi) is 13.8. The quantitative estimate of drug-likeness (QED) is 0.0387. The predicted octanol–water partition coefficient (Wildman–Crippen LogP) is 1.10. The van der Waals surface area contributed by atoms with Crippen molar-refractivity contribution in [1.82, 2.24) is 10.7 Å². The number of nitro groups is 1. The molecule has 0 aliphatic rings. The van der Waals surface area contributed by atoms with Gasteiger partial charge in [-0.3, -0.25) is 14.4 Å². The number of aliphatic imine (C=N–C) groups is 1. The van der Waals surface area contributed by atoms with Crippen molar-refractivity contribution in [2.45, 2.75) is 64.7 Å². The fourth-order valence-electron chi connectivity index (χ4n) is 3.45. The number of carbonyl (C=O) groups excluding carboxylic acids is 3. The van der Waals surface area contributed by atoms with Gasteiger partial charge in [0.2, 0.25) is 5.91 Å². The van der Waals surface area contributed by atoms with E-state index in [2.05, 4.69) is 10.3 Å². The summed E-state index contributed by atoms with van der Waals surface area (Å²) in [5.74, 6) is -2.65. The number of nitrogens with one attached hydrogen (secondary N) is 2. The third-order valence-electron chi connectivity index (χ3n) is 5.16. The Balaban J connectivity index is 2.71. The average molecular weight is 511 g/mol. The molecule has 0 aromatic carbocycles. The Labute approximate surface area is 208 Å². The van der Waals surface area contributed by atoms with E-state index in [4.69, 9.17) is 5.73 Å². The van der Waals surface area contributed by atoms with Crippen LogP contribution in [0.4, 0.5) is 0 Å². The topological polar surface area (TPSA) is 197 Å². The van der Waals surface area contributed by atoms with E-state index in [0.29, 0.717) is 24.8 Å². The summed E-state index contributed by atoms with van der Waals surface area (Å²) in [5, 5.41) is 34.9. The van der Waals surface area contributed by atoms with E-state index in [1.807, 2.05) is 19.2 Å². The highest BCUT2D eigenvalue weighted by molar-refractivity contribution is 7.08. The summed E-state index contributed by atoms with van der Waals surface area (Å²) in [4.78, 5) is 51.7. The van der Waals surface area contributed by atoms with Crippen molar-refractivity contribution < 1.29 is 29.5 Å². The Morgan fingerprint density at radius 2 is 1.97 bits per heavy atom. The van der Waals surface area contributed by atoms with Gasteiger partial charge in [-0.1, -0.05) is 19.3 Å². The number of amides is 1. The SMILES string of the molecule is CC(C)C[C@H](NC(=O)[C@H](CCCN=C(N)N[N+](=O)[O-])CC(=O)CCCC(=O)c1ccsc1)B(O)O. The normalized spacial score (nSPS) is 13.2. The maximum Gasteiger partial charge on any atom is 0.475 e. The highest BCUT2D eigenvalue weighted by Gasteiger charge is 2.30. The van der Waals surface area contributed by atoms with Crippen molar-refractivity contribution in [2.24, 2.45) is 22.6 Å². The van der Waals surface area contributed by atoms with Gasteiger partial charge in [0.05, 0.1) is 5.94 Å². The van der Waals surface area contributed by atoms with Crippen LogP contribution in [0.2, 0.25) is 0 Å². The number of thiophene rings is 1. The summed E-state index contributed by atoms with van der Waals surface area (Å²) >= 11 is 1.42. The van der Waals surface area contributed by atoms with Crippen LogP contribution < -0.4 is 16.5 Å². The summed E-state index contributed by atoms with van der Waals surface area (Å²) in [6.45, 7) is 3.85. The smallest absolute Gasteiger partial charge is 0.426 e. The Hall–Kier alpha value is -2.84. The number of nitrogens with zero attached hydrogens (tertiary/aromatic N) is 2. The van der Waals surface area contributed by atoms with Gasteiger partial charge in [0, 0.05) is 42.7 Å². The van der Waals surface area contributed by atoms with E-state index in [9.17, 15) is 34.5 Å². The summed E-state index contributed by atoms with van der Waals surface area (Å²) < 4.78 is 0. The number of carbonyl (C=O) groups is 3. The van der Waals surface area contributed by atoms with Gasteiger partial charge in [-0.15, -0.1) is 0 Å². The molecule has 0 radical (unpaired) electrons. The molecule has 1 heterocycles. The number of hydrazine groups is 1. The fourth-order valence-corrected chi connectivity index (χ4v) is 4.11. The second kappa shape index (κ2) is 16.0. The van der Waals surface area contributed by atoms with Crippen molar-refractivity contribution in [3.05, 3.63) is 32.5 Å². The summed E-state index contributed by atoms with van der Waals surface area (Å²) in [6, 6.07) is 1.73. The van der Waals surface area contributed by atoms with Crippen molar-refractivity contribution in [3.8, 4) is 0 Å². The molecule has 0 bridgehead atoms. The van der Waals surface area contributed by atoms with E-state index < -0.39 is 29.9 Å². The zero-order valence-electron chi connectivity index (χ0n) is 20.0. The lowest BCUT2D eigenvalue weighted by Crippen LogP contribution is -2.49. The summed E-state index contributed by atoms with van der Waals surface area (Å²) in [5.41, 5.74) is 7.71. The van der Waals surface area contributed by atoms with Crippen molar-refractivity contribution >= 4 is 41.9 Å². The molecule has 1 aromatic rings. The van der Waals surface area contributed by atoms with E-state index in [-0.39, 0.29) is 55.7 Å². The van der Waals surface area contributed by atoms with Crippen LogP contribution in [-0.2, 0) is 9.59 Å². The average Bonchev–Trinajstić information content (AvgIpc) is 3.29. The molecule has 0 saturated carbocycles. The minimum absolute atomic E-state index is 0.0411. The molecular weight excluding hydrogens is 477 g/mol. The van der Waals surface area contributed by atoms with Crippen molar-refractivity contribution in [1.29, 1.82) is 0 Å². The molecule has 12 nitrogen and oxygen atoms in total. The number of guanidine groups is 1. The highest BCUT2D eigenvalue weighted by atomic mass is 32.1. The molecule has 2 atom stereocenters. The van der Waals surface area contributed by atoms with Crippen LogP contribution in [0.3, 0.4) is 0 Å². The molecule has 0 aliphatic carbocycles. The first kappa shape index (κ1) is 30.2. The van der Waals surface area contributed by atoms with Gasteiger partial charge >= 0.3 is 7.12 Å². The van der Waals surface area contributed by atoms with Gasteiger partial charge in [0.25, 0.3) is 5.96 Å². The second-order valence-corrected chi connectivity index (χ2v) is 9.44. The largest absolute Gasteiger partial charge is 0.475 e. The van der Waals surface area contributed by atoms with Crippen LogP contribution in [0.25, 0.3) is 0 Å². The van der Waals surface area contributed by atoms with E-state index in [1.165, 1.54) is 11.3 Å². The van der Waals surface area contributed by atoms with Gasteiger partial charge < -0.3 is 21.1 Å². The maximum absolute atomic E-state index is 12.9. The lowest BCUT2D eigenvalue weighted by atomic mass is 9.74. The molecule has 14 heteroatoms. The van der Waals surface area contributed by atoms with Crippen LogP contribution >= 0.6 is 11.3 Å². The lowest BCUT2D eigenvalue weighted by molar-refractivity contribution is -0.525. The Morgan fingerprint density at radius 1 is 1.26 bits per heavy atom. The Morgan fingerprint density at radius 3 is 2.54 bits per heavy atom. The van der Waals surface area contributed by atoms with Crippen LogP contribution in [0, 0.1) is 22.0 Å². The first-order chi connectivity index (χ1) is 16.5. The molecule has 1 amide bonds. The molecule has 0 saturated heterocycles. The van der Waals surface area contributed by atoms with E-state index >= 15 is 0 Å². The minimum Gasteiger partial charge on any atom is -0.426 e. The van der Waals surface area contributed by atoms with Gasteiger partial charge in [-0.25, -0.2) is 15.1 Å². The minimum atomic E-state index is -1.75. The maximum atomic E-state index is 12.9. The molecule has 1 aromatic heterocycles. The van der Waals surface area contributed by atoms with E-state index in [0.717, 1.165) is 0 Å². The summed E-state index contributed by atoms with van der Waals surface area (Å²) in [7, 11) is -1.75. The van der Waals surface area contributed by atoms with Crippen LogP contribution in [0.1, 0.15) is 69.2 Å². The van der Waals surface area contributed by atoms with Crippen molar-refractivity contribution in [2.75, 3.05) is 6.54 Å². The van der Waals surface area contributed by atoms with Crippen molar-refractivity contribution in [3.63, 3.8) is 0 Å². The van der Waals surface area contributed by atoms with Gasteiger partial charge in [-0.2, -0.15) is 11.3 Å².